The Labute approximate surface area is 180 Å². The van der Waals surface area contributed by atoms with Crippen molar-refractivity contribution >= 4 is 17.3 Å². The lowest BCUT2D eigenvalue weighted by Gasteiger charge is -2.32. The minimum atomic E-state index is 0.0500. The third kappa shape index (κ3) is 6.40. The molecule has 2 fully saturated rings. The molecule has 29 heavy (non-hydrogen) atoms. The molecule has 2 heterocycles. The van der Waals surface area contributed by atoms with Crippen LogP contribution in [-0.2, 0) is 11.3 Å². The van der Waals surface area contributed by atoms with Gasteiger partial charge < -0.3 is 15.0 Å². The van der Waals surface area contributed by atoms with Crippen molar-refractivity contribution < 1.29 is 4.74 Å². The summed E-state index contributed by atoms with van der Waals surface area (Å²) in [4.78, 5) is 14.1. The van der Waals surface area contributed by atoms with Gasteiger partial charge in [-0.2, -0.15) is 0 Å². The summed E-state index contributed by atoms with van der Waals surface area (Å²) in [5, 5.41) is 6.78. The van der Waals surface area contributed by atoms with Crippen LogP contribution in [0.4, 0.5) is 0 Å². The third-order valence-electron chi connectivity index (χ3n) is 6.46. The van der Waals surface area contributed by atoms with Crippen molar-refractivity contribution in [3.05, 3.63) is 16.1 Å². The van der Waals surface area contributed by atoms with Crippen LogP contribution in [0.5, 0.6) is 0 Å². The van der Waals surface area contributed by atoms with Crippen LogP contribution in [0.15, 0.2) is 10.4 Å². The van der Waals surface area contributed by atoms with Gasteiger partial charge in [0.25, 0.3) is 0 Å². The van der Waals surface area contributed by atoms with Gasteiger partial charge in [0.2, 0.25) is 0 Å². The molecule has 0 bridgehead atoms. The Kier molecular flexibility index (Phi) is 8.75. The zero-order valence-electron chi connectivity index (χ0n) is 18.7. The molecule has 6 nitrogen and oxygen atoms in total. The SMILES string of the molecule is CN=C(NCC1CCCN1CC1CCCCC1)N(C)Cc1csc(C(C)OC)n1. The van der Waals surface area contributed by atoms with Gasteiger partial charge in [-0.25, -0.2) is 4.98 Å². The maximum absolute atomic E-state index is 5.38. The highest BCUT2D eigenvalue weighted by Crippen LogP contribution is 2.27. The van der Waals surface area contributed by atoms with Crippen LogP contribution >= 0.6 is 11.3 Å². The lowest BCUT2D eigenvalue weighted by molar-refractivity contribution is 0.119. The maximum atomic E-state index is 5.38. The van der Waals surface area contributed by atoms with Gasteiger partial charge >= 0.3 is 0 Å². The van der Waals surface area contributed by atoms with Crippen LogP contribution in [0.25, 0.3) is 0 Å². The van der Waals surface area contributed by atoms with Gasteiger partial charge in [-0.3, -0.25) is 9.89 Å². The van der Waals surface area contributed by atoms with E-state index < -0.39 is 0 Å². The summed E-state index contributed by atoms with van der Waals surface area (Å²) in [6.45, 7) is 6.32. The highest BCUT2D eigenvalue weighted by atomic mass is 32.1. The van der Waals surface area contributed by atoms with Gasteiger partial charge in [-0.05, 0) is 45.1 Å². The van der Waals surface area contributed by atoms with E-state index in [1.54, 1.807) is 18.4 Å². The first kappa shape index (κ1) is 22.5. The maximum Gasteiger partial charge on any atom is 0.193 e. The summed E-state index contributed by atoms with van der Waals surface area (Å²) in [6, 6.07) is 0.635. The Bertz CT molecular complexity index is 643. The summed E-state index contributed by atoms with van der Waals surface area (Å²) in [6.07, 6.45) is 9.83. The van der Waals surface area contributed by atoms with Crippen molar-refractivity contribution in [2.24, 2.45) is 10.9 Å². The first-order valence-electron chi connectivity index (χ1n) is 11.2. The molecule has 1 aliphatic carbocycles. The fourth-order valence-corrected chi connectivity index (χ4v) is 5.50. The van der Waals surface area contributed by atoms with Crippen molar-refractivity contribution in [2.75, 3.05) is 40.8 Å². The number of guanidine groups is 1. The molecular formula is C22H39N5OS. The van der Waals surface area contributed by atoms with Gasteiger partial charge in [0, 0.05) is 45.7 Å². The average molecular weight is 422 g/mol. The van der Waals surface area contributed by atoms with Crippen LogP contribution in [0, 0.1) is 5.92 Å². The fraction of sp³-hybridized carbons (Fsp3) is 0.818. The molecule has 2 unspecified atom stereocenters. The molecule has 1 aromatic rings. The Morgan fingerprint density at radius 3 is 2.86 bits per heavy atom. The Hall–Kier alpha value is -1.18. The fourth-order valence-electron chi connectivity index (χ4n) is 4.66. The summed E-state index contributed by atoms with van der Waals surface area (Å²) in [5.41, 5.74) is 1.07. The highest BCUT2D eigenvalue weighted by Gasteiger charge is 2.27. The van der Waals surface area contributed by atoms with Crippen LogP contribution in [0.3, 0.4) is 0 Å². The Balaban J connectivity index is 1.48. The quantitative estimate of drug-likeness (QED) is 0.510. The van der Waals surface area contributed by atoms with Crippen molar-refractivity contribution in [1.29, 1.82) is 0 Å². The second kappa shape index (κ2) is 11.3. The van der Waals surface area contributed by atoms with E-state index in [0.29, 0.717) is 6.04 Å². The topological polar surface area (TPSA) is 53.0 Å². The summed E-state index contributed by atoms with van der Waals surface area (Å²) in [5.74, 6) is 1.86. The normalized spacial score (nSPS) is 22.8. The minimum Gasteiger partial charge on any atom is -0.375 e. The predicted molar refractivity (Wildman–Crippen MR) is 122 cm³/mol. The summed E-state index contributed by atoms with van der Waals surface area (Å²) >= 11 is 1.66. The van der Waals surface area contributed by atoms with Crippen LogP contribution in [0.1, 0.15) is 68.7 Å². The average Bonchev–Trinajstić information content (AvgIpc) is 3.38. The number of hydrogen-bond donors (Lipinski definition) is 1. The summed E-state index contributed by atoms with van der Waals surface area (Å²) in [7, 11) is 5.68. The van der Waals surface area contributed by atoms with Gasteiger partial charge in [-0.1, -0.05) is 19.3 Å². The summed E-state index contributed by atoms with van der Waals surface area (Å²) < 4.78 is 5.38. The zero-order valence-corrected chi connectivity index (χ0v) is 19.5. The monoisotopic (exact) mass is 421 g/mol. The number of likely N-dealkylation sites (tertiary alicyclic amines) is 1. The lowest BCUT2D eigenvalue weighted by atomic mass is 9.89. The molecule has 0 aromatic carbocycles. The van der Waals surface area contributed by atoms with Crippen LogP contribution in [0.2, 0.25) is 0 Å². The van der Waals surface area contributed by atoms with Gasteiger partial charge in [-0.15, -0.1) is 11.3 Å². The second-order valence-electron chi connectivity index (χ2n) is 8.63. The number of rotatable bonds is 8. The number of nitrogens with one attached hydrogen (secondary N) is 1. The van der Waals surface area contributed by atoms with Crippen molar-refractivity contribution in [2.45, 2.75) is 70.6 Å². The molecule has 164 valence electrons. The molecule has 1 aromatic heterocycles. The van der Waals surface area contributed by atoms with E-state index in [-0.39, 0.29) is 6.10 Å². The largest absolute Gasteiger partial charge is 0.375 e. The van der Waals surface area contributed by atoms with E-state index in [1.165, 1.54) is 58.0 Å². The molecule has 0 spiro atoms. The third-order valence-corrected chi connectivity index (χ3v) is 7.51. The molecule has 0 radical (unpaired) electrons. The second-order valence-corrected chi connectivity index (χ2v) is 9.52. The van der Waals surface area contributed by atoms with Crippen molar-refractivity contribution in [1.82, 2.24) is 20.1 Å². The Morgan fingerprint density at radius 1 is 1.34 bits per heavy atom. The van der Waals surface area contributed by atoms with E-state index >= 15 is 0 Å². The molecule has 1 saturated carbocycles. The number of nitrogens with zero attached hydrogens (tertiary/aromatic N) is 4. The molecule has 1 saturated heterocycles. The highest BCUT2D eigenvalue weighted by molar-refractivity contribution is 7.09. The Morgan fingerprint density at radius 2 is 2.14 bits per heavy atom. The van der Waals surface area contributed by atoms with E-state index in [1.807, 2.05) is 14.0 Å². The number of aromatic nitrogens is 1. The lowest BCUT2D eigenvalue weighted by Crippen LogP contribution is -2.46. The van der Waals surface area contributed by atoms with E-state index in [0.717, 1.165) is 35.7 Å². The van der Waals surface area contributed by atoms with E-state index in [4.69, 9.17) is 9.72 Å². The van der Waals surface area contributed by atoms with E-state index in [2.05, 4.69) is 32.5 Å². The van der Waals surface area contributed by atoms with Crippen molar-refractivity contribution in [3.63, 3.8) is 0 Å². The molecular weight excluding hydrogens is 382 g/mol. The number of methoxy groups -OCH3 is 1. The zero-order chi connectivity index (χ0) is 20.6. The number of hydrogen-bond acceptors (Lipinski definition) is 5. The molecule has 1 N–H and O–H groups in total. The van der Waals surface area contributed by atoms with Gasteiger partial charge in [0.1, 0.15) is 11.1 Å². The number of thiazole rings is 1. The minimum absolute atomic E-state index is 0.0500. The standard InChI is InChI=1S/C22H39N5OS/c1-17(28-4)21-25-19(16-29-21)15-26(3)22(23-2)24-13-20-11-8-12-27(20)14-18-9-6-5-7-10-18/h16-18,20H,5-15H2,1-4H3,(H,23,24). The number of aliphatic imine (C=N–C) groups is 1. The number of ether oxygens (including phenoxy) is 1. The molecule has 3 rings (SSSR count). The van der Waals surface area contributed by atoms with Gasteiger partial charge in [0.05, 0.1) is 12.2 Å². The molecule has 2 aliphatic rings. The first-order chi connectivity index (χ1) is 14.1. The molecule has 0 amide bonds. The van der Waals surface area contributed by atoms with E-state index in [9.17, 15) is 0 Å². The molecule has 1 aliphatic heterocycles. The van der Waals surface area contributed by atoms with Crippen LogP contribution in [-0.4, -0.2) is 67.6 Å². The van der Waals surface area contributed by atoms with Gasteiger partial charge in [0.15, 0.2) is 5.96 Å². The first-order valence-corrected chi connectivity index (χ1v) is 12.1. The molecule has 7 heteroatoms. The predicted octanol–water partition coefficient (Wildman–Crippen LogP) is 3.90. The van der Waals surface area contributed by atoms with Crippen molar-refractivity contribution in [3.8, 4) is 0 Å². The molecule has 2 atom stereocenters. The smallest absolute Gasteiger partial charge is 0.193 e. The van der Waals surface area contributed by atoms with Crippen LogP contribution < -0.4 is 5.32 Å².